The van der Waals surface area contributed by atoms with Gasteiger partial charge in [-0.05, 0) is 29.9 Å². The van der Waals surface area contributed by atoms with Gasteiger partial charge in [-0.3, -0.25) is 14.5 Å². The van der Waals surface area contributed by atoms with Gasteiger partial charge in [0, 0.05) is 7.05 Å². The molecule has 1 aromatic carbocycles. The van der Waals surface area contributed by atoms with Gasteiger partial charge in [-0.1, -0.05) is 62.4 Å². The van der Waals surface area contributed by atoms with Crippen molar-refractivity contribution in [2.24, 2.45) is 17.3 Å². The van der Waals surface area contributed by atoms with Crippen molar-refractivity contribution in [3.05, 3.63) is 54.1 Å². The first-order valence-electron chi connectivity index (χ1n) is 8.66. The Morgan fingerprint density at radius 2 is 1.96 bits per heavy atom. The van der Waals surface area contributed by atoms with Crippen LogP contribution in [0.5, 0.6) is 0 Å². The Balaban J connectivity index is 2.49. The number of carbonyl (C=O) groups is 2. The van der Waals surface area contributed by atoms with Crippen molar-refractivity contribution >= 4 is 17.4 Å². The Labute approximate surface area is 154 Å². The molecule has 0 aromatic heterocycles. The molecule has 1 aliphatic carbocycles. The summed E-state index contributed by atoms with van der Waals surface area (Å²) in [6, 6.07) is 9.56. The lowest BCUT2D eigenvalue weighted by molar-refractivity contribution is -0.155. The zero-order valence-corrected chi connectivity index (χ0v) is 15.3. The maximum absolute atomic E-state index is 12.8. The van der Waals surface area contributed by atoms with E-state index < -0.39 is 23.2 Å². The number of carbonyl (C=O) groups excluding carboxylic acids is 1. The van der Waals surface area contributed by atoms with Crippen LogP contribution >= 0.6 is 0 Å². The average Bonchev–Trinajstić information content (AvgIpc) is 2.65. The molecule has 2 atom stereocenters. The van der Waals surface area contributed by atoms with E-state index in [4.69, 9.17) is 5.26 Å². The smallest absolute Gasteiger partial charge is 0.314 e. The van der Waals surface area contributed by atoms with E-state index in [1.165, 1.54) is 7.05 Å². The number of rotatable bonds is 6. The highest BCUT2D eigenvalue weighted by molar-refractivity contribution is 5.92. The van der Waals surface area contributed by atoms with E-state index in [0.717, 1.165) is 16.0 Å². The quantitative estimate of drug-likeness (QED) is 0.625. The number of hydrogen-bond acceptors (Lipinski definition) is 3. The van der Waals surface area contributed by atoms with Crippen molar-refractivity contribution in [3.8, 4) is 6.19 Å². The molecule has 0 radical (unpaired) electrons. The molecule has 1 aromatic rings. The summed E-state index contributed by atoms with van der Waals surface area (Å²) in [6.07, 6.45) is 7.63. The molecule has 0 saturated carbocycles. The Morgan fingerprint density at radius 3 is 2.50 bits per heavy atom. The van der Waals surface area contributed by atoms with Gasteiger partial charge < -0.3 is 5.11 Å². The molecule has 1 amide bonds. The van der Waals surface area contributed by atoms with Gasteiger partial charge in [-0.15, -0.1) is 0 Å². The summed E-state index contributed by atoms with van der Waals surface area (Å²) < 4.78 is 0. The molecule has 26 heavy (non-hydrogen) atoms. The van der Waals surface area contributed by atoms with Crippen LogP contribution in [-0.2, 0) is 9.59 Å². The minimum Gasteiger partial charge on any atom is -0.481 e. The lowest BCUT2D eigenvalue weighted by atomic mass is 9.65. The second kappa shape index (κ2) is 8.01. The molecular formula is C21H24N2O3. The number of hydrogen-bond donors (Lipinski definition) is 1. The predicted octanol–water partition coefficient (Wildman–Crippen LogP) is 3.70. The topological polar surface area (TPSA) is 81.4 Å². The summed E-state index contributed by atoms with van der Waals surface area (Å²) in [5.41, 5.74) is 0.440. The van der Waals surface area contributed by atoms with Gasteiger partial charge in [0.1, 0.15) is 5.41 Å². The molecule has 1 aliphatic rings. The van der Waals surface area contributed by atoms with Crippen LogP contribution in [0.25, 0.3) is 5.57 Å². The molecule has 2 rings (SSSR count). The maximum Gasteiger partial charge on any atom is 0.314 e. The summed E-state index contributed by atoms with van der Waals surface area (Å²) in [6.45, 7) is 3.89. The van der Waals surface area contributed by atoms with Crippen LogP contribution in [0.15, 0.2) is 48.6 Å². The third-order valence-corrected chi connectivity index (χ3v) is 4.82. The molecule has 1 N–H and O–H groups in total. The fourth-order valence-electron chi connectivity index (χ4n) is 3.44. The van der Waals surface area contributed by atoms with E-state index in [1.54, 1.807) is 12.2 Å². The van der Waals surface area contributed by atoms with Crippen LogP contribution in [0.2, 0.25) is 0 Å². The van der Waals surface area contributed by atoms with Gasteiger partial charge >= 0.3 is 5.97 Å². The van der Waals surface area contributed by atoms with Crippen LogP contribution in [-0.4, -0.2) is 28.9 Å². The van der Waals surface area contributed by atoms with Gasteiger partial charge in [-0.25, -0.2) is 0 Å². The van der Waals surface area contributed by atoms with Gasteiger partial charge in [0.05, 0.1) is 5.92 Å². The molecule has 5 heteroatoms. The first-order chi connectivity index (χ1) is 12.3. The number of aliphatic carboxylic acids is 1. The fraction of sp³-hybridized carbons (Fsp3) is 0.381. The van der Waals surface area contributed by atoms with Crippen LogP contribution in [0.1, 0.15) is 32.3 Å². The van der Waals surface area contributed by atoms with Gasteiger partial charge in [0.15, 0.2) is 6.19 Å². The summed E-state index contributed by atoms with van der Waals surface area (Å²) >= 11 is 0. The second-order valence-corrected chi connectivity index (χ2v) is 7.12. The van der Waals surface area contributed by atoms with E-state index in [-0.39, 0.29) is 12.3 Å². The van der Waals surface area contributed by atoms with Crippen LogP contribution in [0, 0.1) is 28.7 Å². The van der Waals surface area contributed by atoms with Crippen molar-refractivity contribution in [3.63, 3.8) is 0 Å². The van der Waals surface area contributed by atoms with E-state index >= 15 is 0 Å². The third-order valence-electron chi connectivity index (χ3n) is 4.82. The van der Waals surface area contributed by atoms with Crippen molar-refractivity contribution < 1.29 is 14.7 Å². The minimum absolute atomic E-state index is 0.117. The average molecular weight is 352 g/mol. The maximum atomic E-state index is 12.8. The molecule has 0 bridgehead atoms. The molecule has 0 fully saturated rings. The van der Waals surface area contributed by atoms with E-state index in [9.17, 15) is 14.7 Å². The van der Waals surface area contributed by atoms with Gasteiger partial charge in [0.2, 0.25) is 5.91 Å². The molecule has 5 nitrogen and oxygen atoms in total. The summed E-state index contributed by atoms with van der Waals surface area (Å²) in [7, 11) is 1.38. The minimum atomic E-state index is -1.37. The fourth-order valence-corrected chi connectivity index (χ4v) is 3.44. The van der Waals surface area contributed by atoms with Gasteiger partial charge in [0.25, 0.3) is 0 Å². The normalized spacial score (nSPS) is 20.2. The largest absolute Gasteiger partial charge is 0.481 e. The standard InChI is InChI=1S/C21H24N2O3/c1-15(2)12-18(19(24)23(3)14-22)21(20(25)26)11-7-10-17(13-21)16-8-5-4-6-9-16/h4-11,15,18H,12-13H2,1-3H3,(H,25,26). The highest BCUT2D eigenvalue weighted by Crippen LogP contribution is 2.45. The first kappa shape index (κ1) is 19.5. The Hall–Kier alpha value is -2.87. The van der Waals surface area contributed by atoms with E-state index in [0.29, 0.717) is 6.42 Å². The zero-order valence-electron chi connectivity index (χ0n) is 15.3. The predicted molar refractivity (Wildman–Crippen MR) is 99.6 cm³/mol. The number of allylic oxidation sites excluding steroid dienone is 3. The van der Waals surface area contributed by atoms with Crippen LogP contribution in [0.4, 0.5) is 0 Å². The molecule has 0 aliphatic heterocycles. The summed E-state index contributed by atoms with van der Waals surface area (Å²) in [5.74, 6) is -2.19. The molecular weight excluding hydrogens is 328 g/mol. The SMILES string of the molecule is CC(C)CC(C(=O)N(C)C#N)C1(C(=O)O)C=CC=C(c2ccccc2)C1. The molecule has 136 valence electrons. The summed E-state index contributed by atoms with van der Waals surface area (Å²) in [4.78, 5) is 26.1. The molecule has 0 saturated heterocycles. The molecule has 0 spiro atoms. The second-order valence-electron chi connectivity index (χ2n) is 7.12. The number of nitriles is 1. The number of nitrogens with zero attached hydrogens (tertiary/aromatic N) is 2. The third kappa shape index (κ3) is 3.85. The monoisotopic (exact) mass is 352 g/mol. The molecule has 0 heterocycles. The Bertz CT molecular complexity index is 774. The van der Waals surface area contributed by atoms with Crippen molar-refractivity contribution in [1.29, 1.82) is 5.26 Å². The number of amides is 1. The summed E-state index contributed by atoms with van der Waals surface area (Å²) in [5, 5.41) is 19.2. The van der Waals surface area contributed by atoms with E-state index in [1.807, 2.05) is 56.4 Å². The number of benzene rings is 1. The van der Waals surface area contributed by atoms with Crippen molar-refractivity contribution in [2.45, 2.75) is 26.7 Å². The van der Waals surface area contributed by atoms with Crippen molar-refractivity contribution in [2.75, 3.05) is 7.05 Å². The Kier molecular flexibility index (Phi) is 5.99. The number of carboxylic acids is 1. The first-order valence-corrected chi connectivity index (χ1v) is 8.66. The van der Waals surface area contributed by atoms with Crippen molar-refractivity contribution in [1.82, 2.24) is 4.90 Å². The van der Waals surface area contributed by atoms with E-state index in [2.05, 4.69) is 0 Å². The van der Waals surface area contributed by atoms with Gasteiger partial charge in [-0.2, -0.15) is 5.26 Å². The Morgan fingerprint density at radius 1 is 1.31 bits per heavy atom. The van der Waals surface area contributed by atoms with Crippen LogP contribution in [0.3, 0.4) is 0 Å². The van der Waals surface area contributed by atoms with Crippen LogP contribution < -0.4 is 0 Å². The lowest BCUT2D eigenvalue weighted by Gasteiger charge is -2.37. The number of carboxylic acid groups (broad SMARTS) is 1. The lowest BCUT2D eigenvalue weighted by Crippen LogP contribution is -2.46. The zero-order chi connectivity index (χ0) is 19.3. The highest BCUT2D eigenvalue weighted by Gasteiger charge is 2.49. The highest BCUT2D eigenvalue weighted by atomic mass is 16.4. The molecule has 2 unspecified atom stereocenters.